The number of halogens is 2. The Labute approximate surface area is 192 Å². The third-order valence-electron chi connectivity index (χ3n) is 5.71. The van der Waals surface area contributed by atoms with Crippen molar-refractivity contribution in [2.75, 3.05) is 11.9 Å². The van der Waals surface area contributed by atoms with Crippen LogP contribution >= 0.6 is 0 Å². The molecule has 1 amide bonds. The van der Waals surface area contributed by atoms with Crippen LogP contribution < -0.4 is 5.32 Å². The van der Waals surface area contributed by atoms with Gasteiger partial charge in [0.25, 0.3) is 0 Å². The zero-order valence-electron chi connectivity index (χ0n) is 18.5. The number of rotatable bonds is 7. The second-order valence-electron chi connectivity index (χ2n) is 8.04. The zero-order chi connectivity index (χ0) is 23.2. The van der Waals surface area contributed by atoms with Gasteiger partial charge in [0.05, 0.1) is 18.2 Å². The first kappa shape index (κ1) is 22.6. The highest BCUT2D eigenvalue weighted by Crippen LogP contribution is 2.33. The molecule has 1 heterocycles. The van der Waals surface area contributed by atoms with E-state index in [1.54, 1.807) is 0 Å². The summed E-state index contributed by atoms with van der Waals surface area (Å²) in [5.74, 6) is -1.14. The first-order chi connectivity index (χ1) is 16.0. The molecule has 4 rings (SSSR count). The van der Waals surface area contributed by atoms with Crippen LogP contribution in [-0.4, -0.2) is 18.4 Å². The van der Waals surface area contributed by atoms with Gasteiger partial charge in [0.2, 0.25) is 0 Å². The number of benzene rings is 3. The number of carbonyl (C=O) groups excluding carboxylic acids is 1. The Morgan fingerprint density at radius 1 is 1.00 bits per heavy atom. The van der Waals surface area contributed by atoms with Crippen molar-refractivity contribution in [1.82, 2.24) is 0 Å². The maximum atomic E-state index is 14.1. The molecule has 4 nitrogen and oxygen atoms in total. The number of carbonyl (C=O) groups is 1. The van der Waals surface area contributed by atoms with E-state index in [4.69, 9.17) is 4.74 Å². The molecule has 0 radical (unpaired) electrons. The minimum atomic E-state index is -0.572. The molecule has 33 heavy (non-hydrogen) atoms. The van der Waals surface area contributed by atoms with Gasteiger partial charge in [0, 0.05) is 11.4 Å². The molecular formula is C27H26F2N2O2. The highest BCUT2D eigenvalue weighted by Gasteiger charge is 2.24. The van der Waals surface area contributed by atoms with Crippen LogP contribution in [0.15, 0.2) is 71.7 Å². The fourth-order valence-electron chi connectivity index (χ4n) is 3.90. The van der Waals surface area contributed by atoms with Gasteiger partial charge in [-0.2, -0.15) is 0 Å². The maximum Gasteiger partial charge on any atom is 0.411 e. The molecule has 0 saturated carbocycles. The molecule has 0 spiro atoms. The van der Waals surface area contributed by atoms with Crippen molar-refractivity contribution in [2.24, 2.45) is 4.99 Å². The number of aliphatic imine (C=N–C) groups is 1. The number of nitrogens with zero attached hydrogens (tertiary/aromatic N) is 1. The highest BCUT2D eigenvalue weighted by atomic mass is 19.1. The van der Waals surface area contributed by atoms with Crippen molar-refractivity contribution in [1.29, 1.82) is 0 Å². The lowest BCUT2D eigenvalue weighted by atomic mass is 9.99. The van der Waals surface area contributed by atoms with E-state index in [2.05, 4.69) is 10.3 Å². The standard InChI is InChI=1S/C27H26F2N2O2/c1-2-3-17-33-27(32)30-21-13-11-19(12-14-21)18-7-9-20(10-8-18)24-15-16-25(31-24)26-22(28)5-4-6-23(26)29/h4-14,24H,2-3,15-17H2,1H3,(H,30,32). The third-order valence-corrected chi connectivity index (χ3v) is 5.71. The maximum absolute atomic E-state index is 14.1. The highest BCUT2D eigenvalue weighted by molar-refractivity contribution is 6.02. The van der Waals surface area contributed by atoms with Crippen LogP contribution in [0, 0.1) is 11.6 Å². The SMILES string of the molecule is CCCCOC(=O)Nc1ccc(-c2ccc(C3CCC(c4c(F)cccc4F)=N3)cc2)cc1. The van der Waals surface area contributed by atoms with Crippen LogP contribution in [0.3, 0.4) is 0 Å². The molecule has 170 valence electrons. The van der Waals surface area contributed by atoms with Gasteiger partial charge in [0.15, 0.2) is 0 Å². The van der Waals surface area contributed by atoms with Gasteiger partial charge in [-0.05, 0) is 60.2 Å². The smallest absolute Gasteiger partial charge is 0.411 e. The average Bonchev–Trinajstić information content (AvgIpc) is 3.29. The molecule has 1 atom stereocenters. The third kappa shape index (κ3) is 5.45. The van der Waals surface area contributed by atoms with Crippen molar-refractivity contribution in [3.05, 3.63) is 89.5 Å². The monoisotopic (exact) mass is 448 g/mol. The molecule has 3 aromatic carbocycles. The Kier molecular flexibility index (Phi) is 7.13. The van der Waals surface area contributed by atoms with Crippen molar-refractivity contribution >= 4 is 17.5 Å². The number of unbranched alkanes of at least 4 members (excludes halogenated alkanes) is 1. The van der Waals surface area contributed by atoms with E-state index in [9.17, 15) is 13.6 Å². The minimum absolute atomic E-state index is 0.0143. The van der Waals surface area contributed by atoms with Gasteiger partial charge in [-0.3, -0.25) is 10.3 Å². The molecule has 0 fully saturated rings. The lowest BCUT2D eigenvalue weighted by Crippen LogP contribution is -2.14. The van der Waals surface area contributed by atoms with Gasteiger partial charge < -0.3 is 4.74 Å². The molecular weight excluding hydrogens is 422 g/mol. The molecule has 1 unspecified atom stereocenters. The molecule has 1 aliphatic heterocycles. The average molecular weight is 449 g/mol. The molecule has 0 aliphatic carbocycles. The van der Waals surface area contributed by atoms with E-state index in [-0.39, 0.29) is 11.6 Å². The summed E-state index contributed by atoms with van der Waals surface area (Å²) in [5, 5.41) is 2.72. The van der Waals surface area contributed by atoms with E-state index in [0.717, 1.165) is 36.0 Å². The molecule has 1 aliphatic rings. The lowest BCUT2D eigenvalue weighted by molar-refractivity contribution is 0.160. The Bertz CT molecular complexity index is 1120. The Morgan fingerprint density at radius 2 is 1.64 bits per heavy atom. The molecule has 3 aromatic rings. The molecule has 0 saturated heterocycles. The summed E-state index contributed by atoms with van der Waals surface area (Å²) >= 11 is 0. The predicted molar refractivity (Wildman–Crippen MR) is 127 cm³/mol. The fourth-order valence-corrected chi connectivity index (χ4v) is 3.90. The minimum Gasteiger partial charge on any atom is -0.449 e. The Hall–Kier alpha value is -3.54. The van der Waals surface area contributed by atoms with Crippen LogP contribution in [0.2, 0.25) is 0 Å². The summed E-state index contributed by atoms with van der Waals surface area (Å²) in [5.41, 5.74) is 4.19. The van der Waals surface area contributed by atoms with Gasteiger partial charge in [-0.1, -0.05) is 55.8 Å². The first-order valence-corrected chi connectivity index (χ1v) is 11.2. The van der Waals surface area contributed by atoms with Crippen molar-refractivity contribution in [3.8, 4) is 11.1 Å². The van der Waals surface area contributed by atoms with Gasteiger partial charge >= 0.3 is 6.09 Å². The van der Waals surface area contributed by atoms with E-state index >= 15 is 0 Å². The first-order valence-electron chi connectivity index (χ1n) is 11.2. The summed E-state index contributed by atoms with van der Waals surface area (Å²) < 4.78 is 33.3. The van der Waals surface area contributed by atoms with E-state index in [1.165, 1.54) is 18.2 Å². The van der Waals surface area contributed by atoms with Crippen molar-refractivity contribution in [3.63, 3.8) is 0 Å². The molecule has 6 heteroatoms. The normalized spacial score (nSPS) is 15.2. The second-order valence-corrected chi connectivity index (χ2v) is 8.04. The Morgan fingerprint density at radius 3 is 2.27 bits per heavy atom. The van der Waals surface area contributed by atoms with Crippen LogP contribution in [-0.2, 0) is 4.74 Å². The van der Waals surface area contributed by atoms with E-state index in [1.807, 2.05) is 55.5 Å². The summed E-state index contributed by atoms with van der Waals surface area (Å²) in [4.78, 5) is 16.4. The fraction of sp³-hybridized carbons (Fsp3) is 0.259. The van der Waals surface area contributed by atoms with Crippen LogP contribution in [0.4, 0.5) is 19.3 Å². The Balaban J connectivity index is 1.41. The lowest BCUT2D eigenvalue weighted by Gasteiger charge is -2.10. The number of ether oxygens (including phenoxy) is 1. The van der Waals surface area contributed by atoms with Gasteiger partial charge in [0.1, 0.15) is 11.6 Å². The van der Waals surface area contributed by atoms with Crippen LogP contribution in [0.5, 0.6) is 0 Å². The second kappa shape index (κ2) is 10.4. The van der Waals surface area contributed by atoms with Crippen molar-refractivity contribution in [2.45, 2.75) is 38.6 Å². The van der Waals surface area contributed by atoms with Crippen LogP contribution in [0.25, 0.3) is 11.1 Å². The van der Waals surface area contributed by atoms with Crippen LogP contribution in [0.1, 0.15) is 49.8 Å². The zero-order valence-corrected chi connectivity index (χ0v) is 18.5. The summed E-state index contributed by atoms with van der Waals surface area (Å²) in [6, 6.07) is 19.3. The number of hydrogen-bond acceptors (Lipinski definition) is 3. The number of nitrogens with one attached hydrogen (secondary N) is 1. The quantitative estimate of drug-likeness (QED) is 0.385. The topological polar surface area (TPSA) is 50.7 Å². The number of hydrogen-bond donors (Lipinski definition) is 1. The predicted octanol–water partition coefficient (Wildman–Crippen LogP) is 7.30. The number of anilines is 1. The van der Waals surface area contributed by atoms with Crippen molar-refractivity contribution < 1.29 is 18.3 Å². The van der Waals surface area contributed by atoms with Gasteiger partial charge in [-0.25, -0.2) is 13.6 Å². The largest absolute Gasteiger partial charge is 0.449 e. The molecule has 0 aromatic heterocycles. The summed E-state index contributed by atoms with van der Waals surface area (Å²) in [7, 11) is 0. The molecule has 1 N–H and O–H groups in total. The molecule has 0 bridgehead atoms. The van der Waals surface area contributed by atoms with Gasteiger partial charge in [-0.15, -0.1) is 0 Å². The van der Waals surface area contributed by atoms with E-state index in [0.29, 0.717) is 24.4 Å². The summed E-state index contributed by atoms with van der Waals surface area (Å²) in [6.07, 6.45) is 2.62. The number of amides is 1. The van der Waals surface area contributed by atoms with E-state index < -0.39 is 17.7 Å². The summed E-state index contributed by atoms with van der Waals surface area (Å²) in [6.45, 7) is 2.45.